The summed E-state index contributed by atoms with van der Waals surface area (Å²) in [5, 5.41) is 6.08. The van der Waals surface area contributed by atoms with Crippen molar-refractivity contribution in [3.8, 4) is 5.75 Å². The zero-order valence-corrected chi connectivity index (χ0v) is 14.4. The molecule has 1 aromatic carbocycles. The van der Waals surface area contributed by atoms with Gasteiger partial charge in [0.2, 0.25) is 0 Å². The topological polar surface area (TPSA) is 53.6 Å². The van der Waals surface area contributed by atoms with Crippen LogP contribution >= 0.6 is 0 Å². The summed E-state index contributed by atoms with van der Waals surface area (Å²) in [4.78, 5) is 14.7. The van der Waals surface area contributed by atoms with Crippen LogP contribution in [-0.4, -0.2) is 43.7 Å². The number of benzene rings is 1. The predicted molar refractivity (Wildman–Crippen MR) is 95.4 cm³/mol. The molecule has 0 aliphatic carbocycles. The molecule has 3 rings (SSSR count). The Bertz CT molecular complexity index is 527. The number of urea groups is 1. The number of carbonyl (C=O) groups is 1. The maximum atomic E-state index is 12.2. The molecule has 0 aromatic heterocycles. The minimum Gasteiger partial charge on any atom is -0.493 e. The number of para-hydroxylation sites is 1. The molecule has 2 N–H and O–H groups in total. The van der Waals surface area contributed by atoms with Crippen molar-refractivity contribution in [3.05, 3.63) is 29.8 Å². The van der Waals surface area contributed by atoms with E-state index in [1.807, 2.05) is 24.3 Å². The second-order valence-corrected chi connectivity index (χ2v) is 6.74. The monoisotopic (exact) mass is 331 g/mol. The Balaban J connectivity index is 1.37. The molecule has 2 amide bonds. The van der Waals surface area contributed by atoms with E-state index in [1.165, 1.54) is 38.8 Å². The van der Waals surface area contributed by atoms with Crippen molar-refractivity contribution in [1.82, 2.24) is 15.5 Å². The van der Waals surface area contributed by atoms with Crippen molar-refractivity contribution >= 4 is 6.03 Å². The molecule has 1 atom stereocenters. The third-order valence-electron chi connectivity index (χ3n) is 4.90. The summed E-state index contributed by atoms with van der Waals surface area (Å²) in [6, 6.07) is 7.90. The van der Waals surface area contributed by atoms with E-state index < -0.39 is 0 Å². The van der Waals surface area contributed by atoms with E-state index >= 15 is 0 Å². The van der Waals surface area contributed by atoms with Gasteiger partial charge in [0.05, 0.1) is 12.6 Å². The highest BCUT2D eigenvalue weighted by molar-refractivity contribution is 5.74. The van der Waals surface area contributed by atoms with Gasteiger partial charge in [0, 0.05) is 18.5 Å². The van der Waals surface area contributed by atoms with E-state index in [0.29, 0.717) is 6.61 Å². The molecule has 0 spiro atoms. The van der Waals surface area contributed by atoms with Crippen LogP contribution in [0.4, 0.5) is 4.79 Å². The number of fused-ring (bicyclic) bond motifs is 1. The van der Waals surface area contributed by atoms with Gasteiger partial charge in [-0.3, -0.25) is 0 Å². The Morgan fingerprint density at radius 3 is 2.79 bits per heavy atom. The van der Waals surface area contributed by atoms with Gasteiger partial charge in [-0.1, -0.05) is 31.0 Å². The summed E-state index contributed by atoms with van der Waals surface area (Å²) in [6.45, 7) is 4.89. The zero-order valence-electron chi connectivity index (χ0n) is 14.4. The van der Waals surface area contributed by atoms with Crippen LogP contribution in [0.5, 0.6) is 5.75 Å². The second-order valence-electron chi connectivity index (χ2n) is 6.74. The van der Waals surface area contributed by atoms with Crippen LogP contribution < -0.4 is 15.4 Å². The van der Waals surface area contributed by atoms with Crippen LogP contribution in [0.3, 0.4) is 0 Å². The molecule has 0 bridgehead atoms. The van der Waals surface area contributed by atoms with Crippen molar-refractivity contribution < 1.29 is 9.53 Å². The normalized spacial score (nSPS) is 21.2. The molecule has 2 aliphatic rings. The van der Waals surface area contributed by atoms with Crippen molar-refractivity contribution in [2.24, 2.45) is 0 Å². The third-order valence-corrected chi connectivity index (χ3v) is 4.90. The molecule has 0 unspecified atom stereocenters. The fourth-order valence-electron chi connectivity index (χ4n) is 3.57. The van der Waals surface area contributed by atoms with Crippen molar-refractivity contribution in [1.29, 1.82) is 0 Å². The second kappa shape index (κ2) is 8.92. The molecule has 5 nitrogen and oxygen atoms in total. The maximum Gasteiger partial charge on any atom is 0.315 e. The Morgan fingerprint density at radius 1 is 1.17 bits per heavy atom. The lowest BCUT2D eigenvalue weighted by atomic mass is 10.0. The number of hydrogen-bond donors (Lipinski definition) is 2. The van der Waals surface area contributed by atoms with Crippen LogP contribution in [0.2, 0.25) is 0 Å². The first-order valence-corrected chi connectivity index (χ1v) is 9.31. The van der Waals surface area contributed by atoms with Gasteiger partial charge in [0.1, 0.15) is 5.75 Å². The Kier molecular flexibility index (Phi) is 6.35. The number of ether oxygens (including phenoxy) is 1. The fraction of sp³-hybridized carbons (Fsp3) is 0.632. The lowest BCUT2D eigenvalue weighted by Crippen LogP contribution is -2.40. The smallest absolute Gasteiger partial charge is 0.315 e. The van der Waals surface area contributed by atoms with Crippen LogP contribution in [0.25, 0.3) is 0 Å². The van der Waals surface area contributed by atoms with Gasteiger partial charge in [0.15, 0.2) is 0 Å². The summed E-state index contributed by atoms with van der Waals surface area (Å²) in [5.74, 6) is 0.884. The van der Waals surface area contributed by atoms with Gasteiger partial charge < -0.3 is 20.3 Å². The van der Waals surface area contributed by atoms with Gasteiger partial charge in [0.25, 0.3) is 0 Å². The fourth-order valence-corrected chi connectivity index (χ4v) is 3.57. The quantitative estimate of drug-likeness (QED) is 0.815. The summed E-state index contributed by atoms with van der Waals surface area (Å²) in [5.41, 5.74) is 1.07. The van der Waals surface area contributed by atoms with E-state index in [9.17, 15) is 4.79 Å². The molecule has 2 heterocycles. The standard InChI is InChI=1S/C19H29N3O2/c23-19(20-11-7-14-22-12-5-1-2-6-13-22)21-17-10-15-24-18-9-4-3-8-16(17)18/h3-4,8-9,17H,1-2,5-7,10-15H2,(H2,20,21,23)/t17-/m1/s1. The SMILES string of the molecule is O=C(NCCCN1CCCCCC1)N[C@@H]1CCOc2ccccc21. The van der Waals surface area contributed by atoms with Gasteiger partial charge >= 0.3 is 6.03 Å². The first kappa shape index (κ1) is 17.1. The number of amides is 2. The lowest BCUT2D eigenvalue weighted by Gasteiger charge is -2.26. The highest BCUT2D eigenvalue weighted by Gasteiger charge is 2.22. The van der Waals surface area contributed by atoms with E-state index in [4.69, 9.17) is 4.74 Å². The molecule has 5 heteroatoms. The lowest BCUT2D eigenvalue weighted by molar-refractivity contribution is 0.222. The first-order valence-electron chi connectivity index (χ1n) is 9.31. The molecular formula is C19H29N3O2. The molecule has 1 fully saturated rings. The Labute approximate surface area is 144 Å². The van der Waals surface area contributed by atoms with Gasteiger partial charge in [-0.05, 0) is 45.0 Å². The molecular weight excluding hydrogens is 302 g/mol. The van der Waals surface area contributed by atoms with Crippen LogP contribution in [0.1, 0.15) is 50.1 Å². The first-order chi connectivity index (χ1) is 11.8. The number of nitrogens with zero attached hydrogens (tertiary/aromatic N) is 1. The van der Waals surface area contributed by atoms with Gasteiger partial charge in [-0.25, -0.2) is 4.79 Å². The number of carbonyl (C=O) groups excluding carboxylic acids is 1. The number of hydrogen-bond acceptors (Lipinski definition) is 3. The average molecular weight is 331 g/mol. The maximum absolute atomic E-state index is 12.2. The summed E-state index contributed by atoms with van der Waals surface area (Å²) in [6.07, 6.45) is 7.19. The van der Waals surface area contributed by atoms with Crippen molar-refractivity contribution in [2.75, 3.05) is 32.8 Å². The van der Waals surface area contributed by atoms with E-state index in [1.54, 1.807) is 0 Å². The summed E-state index contributed by atoms with van der Waals surface area (Å²) in [7, 11) is 0. The van der Waals surface area contributed by atoms with E-state index in [0.717, 1.165) is 37.2 Å². The Hall–Kier alpha value is -1.75. The molecule has 1 aromatic rings. The molecule has 1 saturated heterocycles. The number of likely N-dealkylation sites (tertiary alicyclic amines) is 1. The zero-order chi connectivity index (χ0) is 16.6. The molecule has 24 heavy (non-hydrogen) atoms. The minimum atomic E-state index is -0.0763. The van der Waals surface area contributed by atoms with Crippen LogP contribution in [0.15, 0.2) is 24.3 Å². The largest absolute Gasteiger partial charge is 0.493 e. The number of rotatable bonds is 5. The average Bonchev–Trinajstić information content (AvgIpc) is 2.88. The van der Waals surface area contributed by atoms with Crippen LogP contribution in [-0.2, 0) is 0 Å². The van der Waals surface area contributed by atoms with Crippen molar-refractivity contribution in [3.63, 3.8) is 0 Å². The predicted octanol–water partition coefficient (Wildman–Crippen LogP) is 3.08. The highest BCUT2D eigenvalue weighted by atomic mass is 16.5. The Morgan fingerprint density at radius 2 is 1.96 bits per heavy atom. The van der Waals surface area contributed by atoms with E-state index in [2.05, 4.69) is 15.5 Å². The summed E-state index contributed by atoms with van der Waals surface area (Å²) >= 11 is 0. The minimum absolute atomic E-state index is 0.0422. The molecule has 0 radical (unpaired) electrons. The van der Waals surface area contributed by atoms with E-state index in [-0.39, 0.29) is 12.1 Å². The molecule has 132 valence electrons. The van der Waals surface area contributed by atoms with Gasteiger partial charge in [-0.2, -0.15) is 0 Å². The van der Waals surface area contributed by atoms with Crippen LogP contribution in [0, 0.1) is 0 Å². The molecule has 2 aliphatic heterocycles. The third kappa shape index (κ3) is 4.87. The van der Waals surface area contributed by atoms with Crippen molar-refractivity contribution in [2.45, 2.75) is 44.6 Å². The molecule has 0 saturated carbocycles. The highest BCUT2D eigenvalue weighted by Crippen LogP contribution is 2.31. The van der Waals surface area contributed by atoms with Gasteiger partial charge in [-0.15, -0.1) is 0 Å². The number of nitrogens with one attached hydrogen (secondary N) is 2. The summed E-state index contributed by atoms with van der Waals surface area (Å²) < 4.78 is 5.63.